The highest BCUT2D eigenvalue weighted by atomic mass is 19.2. The van der Waals surface area contributed by atoms with Crippen LogP contribution in [0.4, 0.5) is 4.39 Å². The van der Waals surface area contributed by atoms with E-state index in [-0.39, 0.29) is 5.92 Å². The molecule has 0 heterocycles. The summed E-state index contributed by atoms with van der Waals surface area (Å²) in [5, 5.41) is 0. The van der Waals surface area contributed by atoms with E-state index in [1.54, 1.807) is 0 Å². The fraction of sp³-hybridized carbons (Fsp3) is 0.692. The van der Waals surface area contributed by atoms with Crippen molar-refractivity contribution in [1.82, 2.24) is 0 Å². The Bertz CT molecular complexity index is 282. The van der Waals surface area contributed by atoms with Gasteiger partial charge in [-0.15, -0.1) is 0 Å². The number of hydrogen-bond acceptors (Lipinski definition) is 1. The van der Waals surface area contributed by atoms with E-state index in [1.807, 2.05) is 25.2 Å². The molecule has 15 heavy (non-hydrogen) atoms. The molecule has 2 rings (SSSR count). The lowest BCUT2D eigenvalue weighted by molar-refractivity contribution is -0.145. The van der Waals surface area contributed by atoms with Gasteiger partial charge in [0.25, 0.3) is 0 Å². The topological polar surface area (TPSA) is 9.23 Å². The van der Waals surface area contributed by atoms with Crippen molar-refractivity contribution in [3.63, 3.8) is 0 Å². The molecule has 0 aliphatic heterocycles. The lowest BCUT2D eigenvalue weighted by atomic mass is 9.80. The number of alkyl halides is 1. The fourth-order valence-electron chi connectivity index (χ4n) is 2.58. The predicted molar refractivity (Wildman–Crippen MR) is 59.3 cm³/mol. The molecule has 0 aromatic carbocycles. The van der Waals surface area contributed by atoms with Gasteiger partial charge in [-0.2, -0.15) is 0 Å². The molecule has 0 radical (unpaired) electrons. The van der Waals surface area contributed by atoms with Crippen LogP contribution in [-0.2, 0) is 4.74 Å². The molecule has 1 fully saturated rings. The van der Waals surface area contributed by atoms with Crippen molar-refractivity contribution in [2.45, 2.75) is 44.9 Å². The maximum Gasteiger partial charge on any atom is 0.237 e. The van der Waals surface area contributed by atoms with Gasteiger partial charge in [-0.25, -0.2) is 4.39 Å². The summed E-state index contributed by atoms with van der Waals surface area (Å²) in [6.07, 6.45) is 11.0. The van der Waals surface area contributed by atoms with Gasteiger partial charge in [0.1, 0.15) is 0 Å². The van der Waals surface area contributed by atoms with Gasteiger partial charge >= 0.3 is 0 Å². The molecule has 0 aromatic heterocycles. The molecule has 2 heteroatoms. The Morgan fingerprint density at radius 3 is 3.13 bits per heavy atom. The zero-order valence-electron chi connectivity index (χ0n) is 9.34. The maximum atomic E-state index is 14.8. The lowest BCUT2D eigenvalue weighted by Crippen LogP contribution is -2.39. The minimum absolute atomic E-state index is 0.0715. The molecule has 2 aliphatic carbocycles. The van der Waals surface area contributed by atoms with Crippen LogP contribution < -0.4 is 0 Å². The summed E-state index contributed by atoms with van der Waals surface area (Å²) in [4.78, 5) is 0. The minimum atomic E-state index is -1.51. The Kier molecular flexibility index (Phi) is 3.25. The number of rotatable bonds is 2. The summed E-state index contributed by atoms with van der Waals surface area (Å²) in [6.45, 7) is 2.30. The highest BCUT2D eigenvalue weighted by molar-refractivity contribution is 5.28. The Labute approximate surface area is 91.0 Å². The number of allylic oxidation sites excluding steroid dienone is 2. The van der Waals surface area contributed by atoms with Gasteiger partial charge in [-0.05, 0) is 31.8 Å². The van der Waals surface area contributed by atoms with Crippen molar-refractivity contribution in [3.05, 3.63) is 23.8 Å². The summed E-state index contributed by atoms with van der Waals surface area (Å²) in [5.74, 6) is -1.58. The number of fused-ring (bicyclic) bond motifs is 2. The zero-order chi connectivity index (χ0) is 10.7. The average molecular weight is 210 g/mol. The van der Waals surface area contributed by atoms with Gasteiger partial charge in [-0.1, -0.05) is 31.1 Å². The van der Waals surface area contributed by atoms with E-state index < -0.39 is 5.85 Å². The molecule has 2 unspecified atom stereocenters. The third-order valence-corrected chi connectivity index (χ3v) is 3.37. The molecule has 0 N–H and O–H groups in total. The standard InChI is InChI=1S/C13H19FO/c1-2-15-13(14)11-7-4-3-5-8-12(13)10-6-9-11/h6,9-11H,2-5,7-8H2,1H3. The minimum Gasteiger partial charge on any atom is -0.342 e. The number of hydrogen-bond donors (Lipinski definition) is 0. The molecule has 0 saturated heterocycles. The molecule has 0 spiro atoms. The van der Waals surface area contributed by atoms with Crippen molar-refractivity contribution in [1.29, 1.82) is 0 Å². The SMILES string of the molecule is CCOC1(F)C2=CC=CC1CCCCC2. The van der Waals surface area contributed by atoms with Gasteiger partial charge in [0.15, 0.2) is 0 Å². The highest BCUT2D eigenvalue weighted by Gasteiger charge is 2.43. The van der Waals surface area contributed by atoms with Crippen molar-refractivity contribution < 1.29 is 9.13 Å². The van der Waals surface area contributed by atoms with Crippen LogP contribution in [0.1, 0.15) is 39.0 Å². The Morgan fingerprint density at radius 2 is 2.33 bits per heavy atom. The van der Waals surface area contributed by atoms with Crippen LogP contribution in [0.15, 0.2) is 23.8 Å². The van der Waals surface area contributed by atoms with E-state index in [9.17, 15) is 4.39 Å². The van der Waals surface area contributed by atoms with Crippen molar-refractivity contribution in [2.75, 3.05) is 6.61 Å². The molecule has 0 amide bonds. The highest BCUT2D eigenvalue weighted by Crippen LogP contribution is 2.42. The van der Waals surface area contributed by atoms with Gasteiger partial charge < -0.3 is 4.74 Å². The molecule has 84 valence electrons. The Morgan fingerprint density at radius 1 is 1.47 bits per heavy atom. The molecule has 0 aromatic rings. The molecular weight excluding hydrogens is 191 g/mol. The first kappa shape index (κ1) is 10.9. The first-order chi connectivity index (χ1) is 7.27. The third kappa shape index (κ3) is 2.00. The zero-order valence-corrected chi connectivity index (χ0v) is 9.34. The van der Waals surface area contributed by atoms with E-state index in [0.29, 0.717) is 6.61 Å². The van der Waals surface area contributed by atoms with Crippen molar-refractivity contribution in [3.8, 4) is 0 Å². The van der Waals surface area contributed by atoms with E-state index in [1.165, 1.54) is 6.42 Å². The largest absolute Gasteiger partial charge is 0.342 e. The summed E-state index contributed by atoms with van der Waals surface area (Å²) >= 11 is 0. The smallest absolute Gasteiger partial charge is 0.237 e. The van der Waals surface area contributed by atoms with E-state index in [2.05, 4.69) is 0 Å². The molecule has 2 aliphatic rings. The Balaban J connectivity index is 2.26. The summed E-state index contributed by atoms with van der Waals surface area (Å²) in [5.41, 5.74) is 0.844. The second kappa shape index (κ2) is 4.48. The van der Waals surface area contributed by atoms with Gasteiger partial charge in [0.2, 0.25) is 5.85 Å². The van der Waals surface area contributed by atoms with Crippen LogP contribution in [0.2, 0.25) is 0 Å². The monoisotopic (exact) mass is 210 g/mol. The summed E-state index contributed by atoms with van der Waals surface area (Å²) in [7, 11) is 0. The molecular formula is C13H19FO. The predicted octanol–water partition coefficient (Wildman–Crippen LogP) is 3.77. The number of ether oxygens (including phenoxy) is 1. The third-order valence-electron chi connectivity index (χ3n) is 3.37. The second-order valence-electron chi connectivity index (χ2n) is 4.36. The summed E-state index contributed by atoms with van der Waals surface area (Å²) < 4.78 is 20.2. The van der Waals surface area contributed by atoms with Crippen LogP contribution in [0.5, 0.6) is 0 Å². The molecule has 2 atom stereocenters. The van der Waals surface area contributed by atoms with Gasteiger partial charge in [-0.3, -0.25) is 0 Å². The Hall–Kier alpha value is -0.630. The van der Waals surface area contributed by atoms with Gasteiger partial charge in [0, 0.05) is 12.5 Å². The quantitative estimate of drug-likeness (QED) is 0.674. The van der Waals surface area contributed by atoms with E-state index >= 15 is 0 Å². The van der Waals surface area contributed by atoms with Crippen LogP contribution in [0, 0.1) is 5.92 Å². The van der Waals surface area contributed by atoms with Gasteiger partial charge in [0.05, 0.1) is 0 Å². The molecule has 1 nitrogen and oxygen atoms in total. The second-order valence-corrected chi connectivity index (χ2v) is 4.36. The van der Waals surface area contributed by atoms with E-state index in [4.69, 9.17) is 4.74 Å². The first-order valence-corrected chi connectivity index (χ1v) is 5.98. The average Bonchev–Trinajstić information content (AvgIpc) is 2.23. The van der Waals surface area contributed by atoms with Crippen LogP contribution >= 0.6 is 0 Å². The van der Waals surface area contributed by atoms with Crippen LogP contribution in [0.3, 0.4) is 0 Å². The van der Waals surface area contributed by atoms with Crippen LogP contribution in [0.25, 0.3) is 0 Å². The lowest BCUT2D eigenvalue weighted by Gasteiger charge is -2.37. The fourth-order valence-corrected chi connectivity index (χ4v) is 2.58. The molecule has 1 saturated carbocycles. The van der Waals surface area contributed by atoms with Crippen molar-refractivity contribution >= 4 is 0 Å². The maximum absolute atomic E-state index is 14.8. The molecule has 2 bridgehead atoms. The van der Waals surface area contributed by atoms with Crippen LogP contribution in [-0.4, -0.2) is 12.5 Å². The number of halogens is 1. The summed E-state index contributed by atoms with van der Waals surface area (Å²) in [6, 6.07) is 0. The van der Waals surface area contributed by atoms with Crippen molar-refractivity contribution in [2.24, 2.45) is 5.92 Å². The first-order valence-electron chi connectivity index (χ1n) is 5.98. The van der Waals surface area contributed by atoms with E-state index in [0.717, 1.165) is 31.3 Å². The normalized spacial score (nSPS) is 35.6.